The molecule has 116 valence electrons. The zero-order valence-electron chi connectivity index (χ0n) is 11.8. The third-order valence-corrected chi connectivity index (χ3v) is 4.27. The van der Waals surface area contributed by atoms with Gasteiger partial charge in [0, 0.05) is 12.1 Å². The summed E-state index contributed by atoms with van der Waals surface area (Å²) < 4.78 is 31.7. The largest absolute Gasteiger partial charge is 0.468 e. The van der Waals surface area contributed by atoms with E-state index < -0.39 is 10.0 Å². The van der Waals surface area contributed by atoms with Crippen molar-refractivity contribution in [3.05, 3.63) is 66.6 Å². The number of benzene rings is 1. The average Bonchev–Trinajstić information content (AvgIpc) is 3.04. The van der Waals surface area contributed by atoms with Gasteiger partial charge in [0.25, 0.3) is 5.91 Å². The van der Waals surface area contributed by atoms with Crippen LogP contribution in [0.1, 0.15) is 16.1 Å². The summed E-state index contributed by atoms with van der Waals surface area (Å²) in [5.41, 5.74) is 0.381. The van der Waals surface area contributed by atoms with Gasteiger partial charge in [0.05, 0.1) is 17.7 Å². The molecule has 7 heteroatoms. The lowest BCUT2D eigenvalue weighted by Crippen LogP contribution is -2.24. The van der Waals surface area contributed by atoms with E-state index in [1.165, 1.54) is 30.5 Å². The molecule has 0 aliphatic heterocycles. The highest BCUT2D eigenvalue weighted by molar-refractivity contribution is 7.89. The molecule has 2 aromatic rings. The number of carbonyl (C=O) groups is 1. The van der Waals surface area contributed by atoms with Crippen LogP contribution >= 0.6 is 0 Å². The Balaban J connectivity index is 2.05. The molecule has 0 bridgehead atoms. The highest BCUT2D eigenvalue weighted by Crippen LogP contribution is 2.11. The highest BCUT2D eigenvalue weighted by atomic mass is 32.2. The van der Waals surface area contributed by atoms with E-state index >= 15 is 0 Å². The van der Waals surface area contributed by atoms with Gasteiger partial charge in [-0.25, -0.2) is 13.1 Å². The van der Waals surface area contributed by atoms with E-state index in [-0.39, 0.29) is 17.3 Å². The maximum Gasteiger partial charge on any atom is 0.251 e. The molecular weight excluding hydrogens is 304 g/mol. The minimum absolute atomic E-state index is 0.0664. The molecule has 0 aliphatic rings. The molecular formula is C15H16N2O4S. The Labute approximate surface area is 128 Å². The maximum atomic E-state index is 12.1. The normalized spacial score (nSPS) is 11.1. The smallest absolute Gasteiger partial charge is 0.251 e. The molecule has 0 radical (unpaired) electrons. The maximum absolute atomic E-state index is 12.1. The topological polar surface area (TPSA) is 88.4 Å². The standard InChI is InChI=1S/C15H16N2O4S/c1-2-9-16-15(18)12-5-7-14(8-6-12)22(19,20)17-11-13-4-3-10-21-13/h2-8,10,17H,1,9,11H2,(H,16,18). The first kappa shape index (κ1) is 16.0. The molecule has 1 heterocycles. The van der Waals surface area contributed by atoms with Crippen molar-refractivity contribution >= 4 is 15.9 Å². The Bertz CT molecular complexity index is 734. The molecule has 1 amide bonds. The predicted octanol–water partition coefficient (Wildman–Crippen LogP) is 1.67. The monoisotopic (exact) mass is 320 g/mol. The number of furan rings is 1. The number of rotatable bonds is 7. The number of sulfonamides is 1. The summed E-state index contributed by atoms with van der Waals surface area (Å²) in [4.78, 5) is 11.8. The van der Waals surface area contributed by atoms with Crippen molar-refractivity contribution in [2.45, 2.75) is 11.4 Å². The van der Waals surface area contributed by atoms with E-state index in [0.29, 0.717) is 17.9 Å². The van der Waals surface area contributed by atoms with E-state index in [0.717, 1.165) is 0 Å². The SMILES string of the molecule is C=CCNC(=O)c1ccc(S(=O)(=O)NCc2ccco2)cc1. The van der Waals surface area contributed by atoms with Gasteiger partial charge in [0.2, 0.25) is 10.0 Å². The Hall–Kier alpha value is -2.38. The van der Waals surface area contributed by atoms with E-state index in [1.54, 1.807) is 18.2 Å². The molecule has 0 aliphatic carbocycles. The molecule has 22 heavy (non-hydrogen) atoms. The van der Waals surface area contributed by atoms with E-state index in [2.05, 4.69) is 16.6 Å². The van der Waals surface area contributed by atoms with Gasteiger partial charge in [0.1, 0.15) is 5.76 Å². The van der Waals surface area contributed by atoms with Crippen LogP contribution in [0.15, 0.2) is 64.6 Å². The van der Waals surface area contributed by atoms with Crippen LogP contribution in [-0.4, -0.2) is 20.9 Å². The van der Waals surface area contributed by atoms with Crippen molar-refractivity contribution in [2.75, 3.05) is 6.54 Å². The van der Waals surface area contributed by atoms with Gasteiger partial charge in [0.15, 0.2) is 0 Å². The van der Waals surface area contributed by atoms with Gasteiger partial charge in [-0.15, -0.1) is 6.58 Å². The highest BCUT2D eigenvalue weighted by Gasteiger charge is 2.15. The first-order valence-electron chi connectivity index (χ1n) is 6.54. The molecule has 0 unspecified atom stereocenters. The summed E-state index contributed by atoms with van der Waals surface area (Å²) in [7, 11) is -3.65. The summed E-state index contributed by atoms with van der Waals surface area (Å²) in [6.07, 6.45) is 3.04. The zero-order valence-corrected chi connectivity index (χ0v) is 12.6. The Morgan fingerprint density at radius 3 is 2.55 bits per heavy atom. The molecule has 0 atom stereocenters. The second-order valence-electron chi connectivity index (χ2n) is 4.43. The van der Waals surface area contributed by atoms with Gasteiger partial charge in [-0.05, 0) is 36.4 Å². The van der Waals surface area contributed by atoms with Gasteiger partial charge in [-0.2, -0.15) is 0 Å². The van der Waals surface area contributed by atoms with Gasteiger partial charge in [-0.1, -0.05) is 6.08 Å². The van der Waals surface area contributed by atoms with Crippen molar-refractivity contribution in [3.8, 4) is 0 Å². The van der Waals surface area contributed by atoms with Gasteiger partial charge >= 0.3 is 0 Å². The van der Waals surface area contributed by atoms with Gasteiger partial charge < -0.3 is 9.73 Å². The Morgan fingerprint density at radius 1 is 1.23 bits per heavy atom. The van der Waals surface area contributed by atoms with Crippen LogP contribution in [-0.2, 0) is 16.6 Å². The fourth-order valence-electron chi connectivity index (χ4n) is 1.72. The van der Waals surface area contributed by atoms with Crippen LogP contribution in [0.5, 0.6) is 0 Å². The molecule has 1 aromatic carbocycles. The van der Waals surface area contributed by atoms with E-state index in [1.807, 2.05) is 0 Å². The first-order valence-corrected chi connectivity index (χ1v) is 8.02. The van der Waals surface area contributed by atoms with E-state index in [9.17, 15) is 13.2 Å². The quantitative estimate of drug-likeness (QED) is 0.760. The average molecular weight is 320 g/mol. The molecule has 2 rings (SSSR count). The van der Waals surface area contributed by atoms with Crippen molar-refractivity contribution in [1.82, 2.24) is 10.0 Å². The first-order chi connectivity index (χ1) is 10.5. The number of hydrogen-bond donors (Lipinski definition) is 2. The van der Waals surface area contributed by atoms with Crippen LogP contribution in [0.25, 0.3) is 0 Å². The molecule has 0 saturated carbocycles. The molecule has 6 nitrogen and oxygen atoms in total. The fraction of sp³-hybridized carbons (Fsp3) is 0.133. The number of amides is 1. The molecule has 0 fully saturated rings. The molecule has 0 saturated heterocycles. The molecule has 0 spiro atoms. The predicted molar refractivity (Wildman–Crippen MR) is 81.7 cm³/mol. The lowest BCUT2D eigenvalue weighted by Gasteiger charge is -2.07. The second kappa shape index (κ2) is 7.06. The molecule has 2 N–H and O–H groups in total. The van der Waals surface area contributed by atoms with Crippen LogP contribution in [0, 0.1) is 0 Å². The van der Waals surface area contributed by atoms with Crippen LogP contribution < -0.4 is 10.0 Å². The Morgan fingerprint density at radius 2 is 1.95 bits per heavy atom. The van der Waals surface area contributed by atoms with E-state index in [4.69, 9.17) is 4.42 Å². The van der Waals surface area contributed by atoms with Crippen molar-refractivity contribution in [2.24, 2.45) is 0 Å². The summed E-state index contributed by atoms with van der Waals surface area (Å²) in [5, 5.41) is 2.62. The second-order valence-corrected chi connectivity index (χ2v) is 6.19. The summed E-state index contributed by atoms with van der Waals surface area (Å²) >= 11 is 0. The number of carbonyl (C=O) groups excluding carboxylic acids is 1. The number of nitrogens with one attached hydrogen (secondary N) is 2. The van der Waals surface area contributed by atoms with Crippen molar-refractivity contribution in [3.63, 3.8) is 0 Å². The van der Waals surface area contributed by atoms with Crippen molar-refractivity contribution < 1.29 is 17.6 Å². The van der Waals surface area contributed by atoms with Crippen molar-refractivity contribution in [1.29, 1.82) is 0 Å². The summed E-state index contributed by atoms with van der Waals surface area (Å²) in [6.45, 7) is 3.92. The lowest BCUT2D eigenvalue weighted by atomic mass is 10.2. The third-order valence-electron chi connectivity index (χ3n) is 2.85. The lowest BCUT2D eigenvalue weighted by molar-refractivity contribution is 0.0958. The summed E-state index contributed by atoms with van der Waals surface area (Å²) in [6, 6.07) is 9.04. The molecule has 1 aromatic heterocycles. The van der Waals surface area contributed by atoms with Gasteiger partial charge in [-0.3, -0.25) is 4.79 Å². The van der Waals surface area contributed by atoms with Crippen LogP contribution in [0.4, 0.5) is 0 Å². The number of hydrogen-bond acceptors (Lipinski definition) is 4. The van der Waals surface area contributed by atoms with Crippen LogP contribution in [0.2, 0.25) is 0 Å². The minimum Gasteiger partial charge on any atom is -0.468 e. The Kier molecular flexibility index (Phi) is 5.13. The van der Waals surface area contributed by atoms with Crippen LogP contribution in [0.3, 0.4) is 0 Å². The fourth-order valence-corrected chi connectivity index (χ4v) is 2.71. The minimum atomic E-state index is -3.65. The summed E-state index contributed by atoms with van der Waals surface area (Å²) in [5.74, 6) is 0.233. The zero-order chi connectivity index (χ0) is 16.0. The third kappa shape index (κ3) is 4.06.